The molecule has 1 aliphatic heterocycles. The summed E-state index contributed by atoms with van der Waals surface area (Å²) in [5.74, 6) is -0.306. The lowest BCUT2D eigenvalue weighted by Gasteiger charge is -2.35. The van der Waals surface area contributed by atoms with Crippen LogP contribution in [-0.2, 0) is 19.4 Å². The number of aryl methyl sites for hydroxylation is 1. The number of thiophene rings is 1. The molecule has 2 fully saturated rings. The molecule has 3 aliphatic rings. The quantitative estimate of drug-likeness (QED) is 0.229. The summed E-state index contributed by atoms with van der Waals surface area (Å²) in [5, 5.41) is 10.4. The number of anilines is 3. The minimum absolute atomic E-state index is 0.152. The molecule has 228 valence electrons. The monoisotopic (exact) mass is 599 g/mol. The van der Waals surface area contributed by atoms with Gasteiger partial charge < -0.3 is 20.9 Å². The Kier molecular flexibility index (Phi) is 9.46. The fraction of sp³-hybridized carbons (Fsp3) is 0.486. The van der Waals surface area contributed by atoms with Crippen molar-refractivity contribution in [3.05, 3.63) is 75.7 Å². The molecule has 2 amide bonds. The number of piperidine rings is 1. The van der Waals surface area contributed by atoms with Crippen molar-refractivity contribution in [2.24, 2.45) is 0 Å². The predicted octanol–water partition coefficient (Wildman–Crippen LogP) is 6.69. The molecule has 1 saturated carbocycles. The van der Waals surface area contributed by atoms with Crippen LogP contribution in [0.15, 0.2) is 48.5 Å². The Hall–Kier alpha value is -3.20. The van der Waals surface area contributed by atoms with Crippen molar-refractivity contribution in [2.45, 2.75) is 83.8 Å². The van der Waals surface area contributed by atoms with Gasteiger partial charge in [-0.05, 0) is 126 Å². The summed E-state index contributed by atoms with van der Waals surface area (Å²) >= 11 is 1.57. The van der Waals surface area contributed by atoms with Gasteiger partial charge in [0.15, 0.2) is 0 Å². The molecule has 6 rings (SSSR count). The second kappa shape index (κ2) is 13.6. The highest BCUT2D eigenvalue weighted by molar-refractivity contribution is 7.17. The molecular formula is C35H45N5O2S. The fourth-order valence-electron chi connectivity index (χ4n) is 6.73. The number of hydrogen-bond donors (Lipinski definition) is 3. The third kappa shape index (κ3) is 6.97. The van der Waals surface area contributed by atoms with E-state index in [-0.39, 0.29) is 11.8 Å². The van der Waals surface area contributed by atoms with Crippen LogP contribution in [0.1, 0.15) is 89.1 Å². The van der Waals surface area contributed by atoms with Gasteiger partial charge in [-0.2, -0.15) is 0 Å². The van der Waals surface area contributed by atoms with Crippen LogP contribution in [0, 0.1) is 0 Å². The summed E-state index contributed by atoms with van der Waals surface area (Å²) in [5.41, 5.74) is 5.44. The average Bonchev–Trinajstić information content (AvgIpc) is 3.82. The number of rotatable bonds is 11. The zero-order valence-corrected chi connectivity index (χ0v) is 26.4. The van der Waals surface area contributed by atoms with Gasteiger partial charge in [-0.25, -0.2) is 0 Å². The number of nitrogens with one attached hydrogen (secondary N) is 3. The third-order valence-corrected chi connectivity index (χ3v) is 10.4. The van der Waals surface area contributed by atoms with Gasteiger partial charge in [0.05, 0.1) is 5.56 Å². The van der Waals surface area contributed by atoms with Gasteiger partial charge in [-0.3, -0.25) is 14.5 Å². The molecule has 0 spiro atoms. The summed E-state index contributed by atoms with van der Waals surface area (Å²) in [7, 11) is 0. The van der Waals surface area contributed by atoms with E-state index in [0.717, 1.165) is 75.3 Å². The molecule has 2 aliphatic carbocycles. The van der Waals surface area contributed by atoms with Crippen LogP contribution in [0.2, 0.25) is 0 Å². The van der Waals surface area contributed by atoms with E-state index in [1.54, 1.807) is 11.3 Å². The van der Waals surface area contributed by atoms with Gasteiger partial charge in [0.25, 0.3) is 11.8 Å². The van der Waals surface area contributed by atoms with Crippen LogP contribution in [0.25, 0.3) is 0 Å². The maximum absolute atomic E-state index is 13.7. The van der Waals surface area contributed by atoms with Gasteiger partial charge in [0.1, 0.15) is 5.00 Å². The lowest BCUT2D eigenvalue weighted by molar-refractivity contribution is 0.102. The first-order valence-electron chi connectivity index (χ1n) is 16.2. The number of benzene rings is 2. The first-order chi connectivity index (χ1) is 21.0. The lowest BCUT2D eigenvalue weighted by atomic mass is 9.95. The van der Waals surface area contributed by atoms with Gasteiger partial charge in [0, 0.05) is 53.5 Å². The van der Waals surface area contributed by atoms with E-state index >= 15 is 0 Å². The zero-order chi connectivity index (χ0) is 29.8. The largest absolute Gasteiger partial charge is 0.372 e. The van der Waals surface area contributed by atoms with Crippen LogP contribution in [0.5, 0.6) is 0 Å². The predicted molar refractivity (Wildman–Crippen MR) is 178 cm³/mol. The van der Waals surface area contributed by atoms with E-state index in [1.807, 2.05) is 30.3 Å². The molecule has 2 aromatic carbocycles. The maximum Gasteiger partial charge on any atom is 0.258 e. The Labute approximate surface area is 260 Å². The normalized spacial score (nSPS) is 17.0. The Balaban J connectivity index is 1.19. The zero-order valence-electron chi connectivity index (χ0n) is 25.6. The van der Waals surface area contributed by atoms with Crippen LogP contribution >= 0.6 is 11.3 Å². The molecular weight excluding hydrogens is 554 g/mol. The van der Waals surface area contributed by atoms with Crippen molar-refractivity contribution in [1.82, 2.24) is 10.2 Å². The Morgan fingerprint density at radius 2 is 1.60 bits per heavy atom. The smallest absolute Gasteiger partial charge is 0.258 e. The summed E-state index contributed by atoms with van der Waals surface area (Å²) in [6, 6.07) is 17.4. The summed E-state index contributed by atoms with van der Waals surface area (Å²) < 4.78 is 0. The molecule has 8 heteroatoms. The molecule has 3 N–H and O–H groups in total. The number of carbonyl (C=O) groups is 2. The van der Waals surface area contributed by atoms with E-state index in [2.05, 4.69) is 57.8 Å². The van der Waals surface area contributed by atoms with Crippen molar-refractivity contribution < 1.29 is 9.59 Å². The number of amides is 2. The van der Waals surface area contributed by atoms with Crippen LogP contribution in [0.3, 0.4) is 0 Å². The molecule has 0 atom stereocenters. The van der Waals surface area contributed by atoms with Crippen molar-refractivity contribution in [1.29, 1.82) is 0 Å². The lowest BCUT2D eigenvalue weighted by Crippen LogP contribution is -2.43. The summed E-state index contributed by atoms with van der Waals surface area (Å²) in [4.78, 5) is 33.5. The first kappa shape index (κ1) is 29.9. The molecule has 43 heavy (non-hydrogen) atoms. The second-order valence-electron chi connectivity index (χ2n) is 12.1. The molecule has 0 unspecified atom stereocenters. The minimum atomic E-state index is -0.155. The Morgan fingerprint density at radius 1 is 0.884 bits per heavy atom. The number of hydrogen-bond acceptors (Lipinski definition) is 6. The summed E-state index contributed by atoms with van der Waals surface area (Å²) in [6.45, 7) is 9.20. The molecule has 1 saturated heterocycles. The van der Waals surface area contributed by atoms with Gasteiger partial charge >= 0.3 is 0 Å². The Morgan fingerprint density at radius 3 is 2.33 bits per heavy atom. The molecule has 1 aromatic heterocycles. The van der Waals surface area contributed by atoms with E-state index in [4.69, 9.17) is 0 Å². The highest BCUT2D eigenvalue weighted by Gasteiger charge is 2.34. The maximum atomic E-state index is 13.7. The average molecular weight is 600 g/mol. The van der Waals surface area contributed by atoms with Crippen molar-refractivity contribution >= 4 is 39.5 Å². The highest BCUT2D eigenvalue weighted by atomic mass is 32.1. The van der Waals surface area contributed by atoms with E-state index in [1.165, 1.54) is 36.1 Å². The SMILES string of the molecule is CCN(CC)c1ccc(NC(=O)c2c(NC(=O)c3cccc(CN(C4CCNCC4)C4CC4)c3)sc3c2CCCC3)cc1. The van der Waals surface area contributed by atoms with E-state index in [0.29, 0.717) is 28.2 Å². The second-order valence-corrected chi connectivity index (χ2v) is 13.2. The van der Waals surface area contributed by atoms with Crippen molar-refractivity contribution in [2.75, 3.05) is 41.7 Å². The number of carbonyl (C=O) groups excluding carboxylic acids is 2. The topological polar surface area (TPSA) is 76.7 Å². The van der Waals surface area contributed by atoms with E-state index in [9.17, 15) is 9.59 Å². The first-order valence-corrected chi connectivity index (χ1v) is 17.0. The molecule has 3 aromatic rings. The molecule has 0 radical (unpaired) electrons. The van der Waals surface area contributed by atoms with Gasteiger partial charge in [-0.15, -0.1) is 11.3 Å². The van der Waals surface area contributed by atoms with Gasteiger partial charge in [-0.1, -0.05) is 12.1 Å². The number of nitrogens with zero attached hydrogens (tertiary/aromatic N) is 2. The van der Waals surface area contributed by atoms with Crippen molar-refractivity contribution in [3.63, 3.8) is 0 Å². The van der Waals surface area contributed by atoms with Crippen LogP contribution < -0.4 is 20.9 Å². The Bertz CT molecular complexity index is 1420. The van der Waals surface area contributed by atoms with Crippen molar-refractivity contribution in [3.8, 4) is 0 Å². The molecule has 7 nitrogen and oxygen atoms in total. The van der Waals surface area contributed by atoms with E-state index < -0.39 is 0 Å². The molecule has 2 heterocycles. The summed E-state index contributed by atoms with van der Waals surface area (Å²) in [6.07, 6.45) is 8.93. The van der Waals surface area contributed by atoms with Gasteiger partial charge in [0.2, 0.25) is 0 Å². The van der Waals surface area contributed by atoms with Crippen LogP contribution in [0.4, 0.5) is 16.4 Å². The molecule has 0 bridgehead atoms. The third-order valence-electron chi connectivity index (χ3n) is 9.23. The fourth-order valence-corrected chi connectivity index (χ4v) is 8.01. The minimum Gasteiger partial charge on any atom is -0.372 e. The van der Waals surface area contributed by atoms with Crippen LogP contribution in [-0.4, -0.2) is 55.0 Å². The highest BCUT2D eigenvalue weighted by Crippen LogP contribution is 2.39. The number of fused-ring (bicyclic) bond motifs is 1. The standard InChI is InChI=1S/C35H45N5O2S/c1-3-39(4-2)27-14-12-26(13-15-27)37-34(42)32-30-10-5-6-11-31(30)43-35(32)38-33(41)25-9-7-8-24(22-25)23-40(28-16-17-28)29-18-20-36-21-19-29/h7-9,12-15,22,28-29,36H,3-6,10-11,16-21,23H2,1-2H3,(H,37,42)(H,38,41).